The van der Waals surface area contributed by atoms with Gasteiger partial charge in [-0.25, -0.2) is 0 Å². The Morgan fingerprint density at radius 2 is 2.06 bits per heavy atom. The highest BCUT2D eigenvalue weighted by atomic mass is 19.4. The van der Waals surface area contributed by atoms with E-state index in [1.807, 2.05) is 0 Å². The van der Waals surface area contributed by atoms with Crippen LogP contribution in [0.15, 0.2) is 0 Å². The van der Waals surface area contributed by atoms with Crippen molar-refractivity contribution in [3.8, 4) is 0 Å². The molecule has 1 rings (SSSR count). The van der Waals surface area contributed by atoms with E-state index >= 15 is 0 Å². The average molecular weight is 254 g/mol. The third-order valence-corrected chi connectivity index (χ3v) is 2.40. The molecule has 2 N–H and O–H groups in total. The molecule has 0 spiro atoms. The van der Waals surface area contributed by atoms with Crippen LogP contribution in [0.3, 0.4) is 0 Å². The van der Waals surface area contributed by atoms with Crippen molar-refractivity contribution in [3.63, 3.8) is 0 Å². The van der Waals surface area contributed by atoms with E-state index in [1.165, 1.54) is 0 Å². The number of ether oxygens (including phenoxy) is 1. The molecule has 0 bridgehead atoms. The van der Waals surface area contributed by atoms with Crippen molar-refractivity contribution in [1.29, 1.82) is 0 Å². The monoisotopic (exact) mass is 254 g/mol. The van der Waals surface area contributed by atoms with Crippen molar-refractivity contribution < 1.29 is 22.7 Å². The number of carbonyl (C=O) groups is 1. The zero-order valence-electron chi connectivity index (χ0n) is 9.50. The van der Waals surface area contributed by atoms with E-state index in [0.717, 1.165) is 12.8 Å². The molecule has 1 saturated carbocycles. The van der Waals surface area contributed by atoms with Crippen LogP contribution in [0.25, 0.3) is 0 Å². The number of nitrogens with zero attached hydrogens (tertiary/aromatic N) is 1. The number of amides is 1. The third kappa shape index (κ3) is 5.88. The molecule has 4 nitrogen and oxygen atoms in total. The Hall–Kier alpha value is -0.820. The van der Waals surface area contributed by atoms with Crippen molar-refractivity contribution in [2.75, 3.05) is 26.3 Å². The van der Waals surface area contributed by atoms with Gasteiger partial charge in [0.05, 0.1) is 13.0 Å². The zero-order valence-corrected chi connectivity index (χ0v) is 9.50. The fourth-order valence-electron chi connectivity index (χ4n) is 1.53. The van der Waals surface area contributed by atoms with Gasteiger partial charge in [0.25, 0.3) is 0 Å². The molecule has 1 aliphatic carbocycles. The van der Waals surface area contributed by atoms with Crippen LogP contribution in [0.2, 0.25) is 0 Å². The first kappa shape index (κ1) is 14.2. The van der Waals surface area contributed by atoms with Gasteiger partial charge < -0.3 is 15.4 Å². The second-order valence-corrected chi connectivity index (χ2v) is 4.02. The number of carbonyl (C=O) groups excluding carboxylic acids is 1. The summed E-state index contributed by atoms with van der Waals surface area (Å²) in [5.41, 5.74) is 5.37. The number of hydrogen-bond donors (Lipinski definition) is 1. The molecule has 0 aromatic heterocycles. The third-order valence-electron chi connectivity index (χ3n) is 2.40. The Balaban J connectivity index is 2.18. The molecule has 1 fully saturated rings. The number of rotatable bonds is 7. The SMILES string of the molecule is NCCN(C(=O)CCOCC(F)(F)F)C1CC1. The molecule has 0 aromatic carbocycles. The number of halogens is 3. The highest BCUT2D eigenvalue weighted by Gasteiger charge is 2.32. The lowest BCUT2D eigenvalue weighted by Crippen LogP contribution is -2.37. The van der Waals surface area contributed by atoms with Crippen molar-refractivity contribution in [3.05, 3.63) is 0 Å². The second-order valence-electron chi connectivity index (χ2n) is 4.02. The molecule has 0 unspecified atom stereocenters. The maximum Gasteiger partial charge on any atom is 0.411 e. The zero-order chi connectivity index (χ0) is 12.9. The van der Waals surface area contributed by atoms with Gasteiger partial charge in [0.1, 0.15) is 6.61 Å². The van der Waals surface area contributed by atoms with Gasteiger partial charge in [-0.2, -0.15) is 13.2 Å². The lowest BCUT2D eigenvalue weighted by atomic mass is 10.3. The quantitative estimate of drug-likeness (QED) is 0.687. The fraction of sp³-hybridized carbons (Fsp3) is 0.900. The molecule has 0 aromatic rings. The van der Waals surface area contributed by atoms with Gasteiger partial charge in [-0.15, -0.1) is 0 Å². The van der Waals surface area contributed by atoms with E-state index in [9.17, 15) is 18.0 Å². The normalized spacial score (nSPS) is 16.0. The Bertz CT molecular complexity index is 254. The molecule has 7 heteroatoms. The summed E-state index contributed by atoms with van der Waals surface area (Å²) in [5, 5.41) is 0. The van der Waals surface area contributed by atoms with Crippen molar-refractivity contribution in [1.82, 2.24) is 4.90 Å². The Morgan fingerprint density at radius 1 is 1.41 bits per heavy atom. The van der Waals surface area contributed by atoms with Crippen LogP contribution >= 0.6 is 0 Å². The van der Waals surface area contributed by atoms with E-state index in [1.54, 1.807) is 4.90 Å². The van der Waals surface area contributed by atoms with Crippen LogP contribution in [0.5, 0.6) is 0 Å². The topological polar surface area (TPSA) is 55.6 Å². The summed E-state index contributed by atoms with van der Waals surface area (Å²) in [6.45, 7) is -0.679. The van der Waals surface area contributed by atoms with Gasteiger partial charge in [0.2, 0.25) is 5.91 Å². The lowest BCUT2D eigenvalue weighted by Gasteiger charge is -2.21. The summed E-state index contributed by atoms with van der Waals surface area (Å²) < 4.78 is 39.7. The van der Waals surface area contributed by atoms with Crippen LogP contribution in [0.1, 0.15) is 19.3 Å². The van der Waals surface area contributed by atoms with Crippen LogP contribution < -0.4 is 5.73 Å². The van der Waals surface area contributed by atoms with E-state index in [4.69, 9.17) is 5.73 Å². The summed E-state index contributed by atoms with van der Waals surface area (Å²) in [6, 6.07) is 0.230. The average Bonchev–Trinajstić information content (AvgIpc) is 3.03. The summed E-state index contributed by atoms with van der Waals surface area (Å²) in [5.74, 6) is -0.180. The molecular formula is C10H17F3N2O2. The molecule has 1 aliphatic rings. The molecule has 0 atom stereocenters. The van der Waals surface area contributed by atoms with E-state index in [0.29, 0.717) is 13.1 Å². The highest BCUT2D eigenvalue weighted by molar-refractivity contribution is 5.77. The van der Waals surface area contributed by atoms with Gasteiger partial charge in [0, 0.05) is 19.1 Å². The van der Waals surface area contributed by atoms with Crippen LogP contribution in [-0.2, 0) is 9.53 Å². The van der Waals surface area contributed by atoms with Crippen LogP contribution in [0, 0.1) is 0 Å². The van der Waals surface area contributed by atoms with Gasteiger partial charge in [-0.1, -0.05) is 0 Å². The van der Waals surface area contributed by atoms with Gasteiger partial charge in [-0.3, -0.25) is 4.79 Å². The van der Waals surface area contributed by atoms with Gasteiger partial charge in [0.15, 0.2) is 0 Å². The summed E-state index contributed by atoms with van der Waals surface area (Å²) in [6.07, 6.45) is -2.45. The molecule has 0 aliphatic heterocycles. The van der Waals surface area contributed by atoms with E-state index in [-0.39, 0.29) is 25.0 Å². The van der Waals surface area contributed by atoms with E-state index in [2.05, 4.69) is 4.74 Å². The van der Waals surface area contributed by atoms with Crippen LogP contribution in [0.4, 0.5) is 13.2 Å². The van der Waals surface area contributed by atoms with Gasteiger partial charge >= 0.3 is 6.18 Å². The Kier molecular flexibility index (Phi) is 5.20. The maximum atomic E-state index is 11.8. The van der Waals surface area contributed by atoms with Crippen LogP contribution in [-0.4, -0.2) is 49.3 Å². The Labute approximate surface area is 97.9 Å². The summed E-state index contributed by atoms with van der Waals surface area (Å²) >= 11 is 0. The van der Waals surface area contributed by atoms with E-state index < -0.39 is 12.8 Å². The first-order chi connectivity index (χ1) is 7.94. The maximum absolute atomic E-state index is 11.8. The first-order valence-electron chi connectivity index (χ1n) is 5.58. The molecule has 1 amide bonds. The minimum absolute atomic E-state index is 0.0212. The Morgan fingerprint density at radius 3 is 2.53 bits per heavy atom. The fourth-order valence-corrected chi connectivity index (χ4v) is 1.53. The minimum Gasteiger partial charge on any atom is -0.372 e. The molecule has 0 heterocycles. The molecule has 0 saturated heterocycles. The predicted molar refractivity (Wildman–Crippen MR) is 55.3 cm³/mol. The molecule has 17 heavy (non-hydrogen) atoms. The number of alkyl halides is 3. The van der Waals surface area contributed by atoms with Crippen molar-refractivity contribution >= 4 is 5.91 Å². The number of nitrogens with two attached hydrogens (primary N) is 1. The summed E-state index contributed by atoms with van der Waals surface area (Å²) in [4.78, 5) is 13.3. The molecule has 0 radical (unpaired) electrons. The highest BCUT2D eigenvalue weighted by Crippen LogP contribution is 2.26. The van der Waals surface area contributed by atoms with Gasteiger partial charge in [-0.05, 0) is 12.8 Å². The van der Waals surface area contributed by atoms with Crippen molar-refractivity contribution in [2.24, 2.45) is 5.73 Å². The predicted octanol–water partition coefficient (Wildman–Crippen LogP) is 0.905. The lowest BCUT2D eigenvalue weighted by molar-refractivity contribution is -0.175. The standard InChI is InChI=1S/C10H17F3N2O2/c11-10(12,13)7-17-6-3-9(16)15(5-4-14)8-1-2-8/h8H,1-7,14H2. The molecular weight excluding hydrogens is 237 g/mol. The smallest absolute Gasteiger partial charge is 0.372 e. The molecule has 100 valence electrons. The summed E-state index contributed by atoms with van der Waals surface area (Å²) in [7, 11) is 0. The largest absolute Gasteiger partial charge is 0.411 e. The van der Waals surface area contributed by atoms with Crippen molar-refractivity contribution in [2.45, 2.75) is 31.5 Å². The number of hydrogen-bond acceptors (Lipinski definition) is 3. The first-order valence-corrected chi connectivity index (χ1v) is 5.58. The minimum atomic E-state index is -4.34. The second kappa shape index (κ2) is 6.20.